The van der Waals surface area contributed by atoms with Crippen LogP contribution in [0.3, 0.4) is 0 Å². The molecule has 0 fully saturated rings. The lowest BCUT2D eigenvalue weighted by Crippen LogP contribution is -2.45. The van der Waals surface area contributed by atoms with Gasteiger partial charge in [-0.15, -0.1) is 0 Å². The van der Waals surface area contributed by atoms with Gasteiger partial charge in [-0.2, -0.15) is 0 Å². The lowest BCUT2D eigenvalue weighted by atomic mass is 10.2. The summed E-state index contributed by atoms with van der Waals surface area (Å²) in [5, 5.41) is 3.32. The van der Waals surface area contributed by atoms with Crippen molar-refractivity contribution < 1.29 is 17.9 Å². The van der Waals surface area contributed by atoms with Crippen molar-refractivity contribution in [2.24, 2.45) is 0 Å². The van der Waals surface area contributed by atoms with Crippen molar-refractivity contribution in [1.82, 2.24) is 0 Å². The molecule has 6 nitrogen and oxygen atoms in total. The minimum atomic E-state index is -3.69. The van der Waals surface area contributed by atoms with E-state index in [-0.39, 0.29) is 0 Å². The second-order valence-corrected chi connectivity index (χ2v) is 8.41. The molecule has 0 spiro atoms. The molecule has 1 N–H and O–H groups in total. The highest BCUT2D eigenvalue weighted by molar-refractivity contribution is 7.92. The number of nitrogens with zero attached hydrogens (tertiary/aromatic N) is 1. The summed E-state index contributed by atoms with van der Waals surface area (Å²) >= 11 is 5.93. The van der Waals surface area contributed by atoms with Gasteiger partial charge in [0.1, 0.15) is 11.8 Å². The summed E-state index contributed by atoms with van der Waals surface area (Å²) in [5.41, 5.74) is 1.75. The Bertz CT molecular complexity index is 914. The first-order chi connectivity index (χ1) is 12.6. The maximum Gasteiger partial charge on any atom is 0.248 e. The Balaban J connectivity index is 2.28. The first-order valence-electron chi connectivity index (χ1n) is 8.42. The molecule has 0 aliphatic rings. The molecule has 0 radical (unpaired) electrons. The fourth-order valence-corrected chi connectivity index (χ4v) is 4.07. The standard InChI is InChI=1S/C19H23ClN2O4S/c1-5-26-17-9-7-16(8-10-17)22(27(4,24)25)14(3)19(23)21-18-11-6-15(20)12-13(18)2/h6-12,14H,5H2,1-4H3,(H,21,23). The molecule has 1 amide bonds. The molecule has 1 atom stereocenters. The summed E-state index contributed by atoms with van der Waals surface area (Å²) in [6, 6.07) is 10.7. The minimum Gasteiger partial charge on any atom is -0.494 e. The van der Waals surface area contributed by atoms with Gasteiger partial charge in [0.15, 0.2) is 0 Å². The predicted octanol–water partition coefficient (Wildman–Crippen LogP) is 3.84. The van der Waals surface area contributed by atoms with E-state index in [2.05, 4.69) is 5.32 Å². The van der Waals surface area contributed by atoms with Crippen molar-refractivity contribution in [2.45, 2.75) is 26.8 Å². The molecule has 0 saturated carbocycles. The van der Waals surface area contributed by atoms with Gasteiger partial charge in [0.25, 0.3) is 0 Å². The first kappa shape index (κ1) is 21.1. The lowest BCUT2D eigenvalue weighted by molar-refractivity contribution is -0.116. The largest absolute Gasteiger partial charge is 0.494 e. The number of aryl methyl sites for hydroxylation is 1. The number of hydrogen-bond acceptors (Lipinski definition) is 4. The minimum absolute atomic E-state index is 0.386. The van der Waals surface area contributed by atoms with Crippen LogP contribution in [-0.2, 0) is 14.8 Å². The second-order valence-electron chi connectivity index (χ2n) is 6.11. The van der Waals surface area contributed by atoms with Crippen LogP contribution in [0.4, 0.5) is 11.4 Å². The molecule has 0 bridgehead atoms. The van der Waals surface area contributed by atoms with Crippen molar-refractivity contribution >= 4 is 38.9 Å². The topological polar surface area (TPSA) is 75.7 Å². The zero-order valence-electron chi connectivity index (χ0n) is 15.7. The Hall–Kier alpha value is -2.25. The van der Waals surface area contributed by atoms with E-state index in [0.717, 1.165) is 16.1 Å². The van der Waals surface area contributed by atoms with Crippen LogP contribution in [0.5, 0.6) is 5.75 Å². The van der Waals surface area contributed by atoms with Crippen molar-refractivity contribution in [3.8, 4) is 5.75 Å². The van der Waals surface area contributed by atoms with Crippen LogP contribution in [0.25, 0.3) is 0 Å². The smallest absolute Gasteiger partial charge is 0.248 e. The molecule has 0 aliphatic heterocycles. The molecule has 0 aromatic heterocycles. The van der Waals surface area contributed by atoms with E-state index in [9.17, 15) is 13.2 Å². The number of benzene rings is 2. The van der Waals surface area contributed by atoms with Gasteiger partial charge in [-0.3, -0.25) is 9.10 Å². The van der Waals surface area contributed by atoms with Gasteiger partial charge < -0.3 is 10.1 Å². The van der Waals surface area contributed by atoms with Crippen molar-refractivity contribution in [3.63, 3.8) is 0 Å². The van der Waals surface area contributed by atoms with Gasteiger partial charge in [0.2, 0.25) is 15.9 Å². The number of halogens is 1. The quantitative estimate of drug-likeness (QED) is 0.752. The number of nitrogens with one attached hydrogen (secondary N) is 1. The Morgan fingerprint density at radius 1 is 1.22 bits per heavy atom. The number of anilines is 2. The van der Waals surface area contributed by atoms with Crippen molar-refractivity contribution in [2.75, 3.05) is 22.5 Å². The van der Waals surface area contributed by atoms with Crippen LogP contribution in [0.1, 0.15) is 19.4 Å². The van der Waals surface area contributed by atoms with E-state index in [1.165, 1.54) is 6.92 Å². The third kappa shape index (κ3) is 5.37. The molecule has 2 aromatic carbocycles. The summed E-state index contributed by atoms with van der Waals surface area (Å²) in [7, 11) is -3.69. The molecule has 1 unspecified atom stereocenters. The monoisotopic (exact) mass is 410 g/mol. The van der Waals surface area contributed by atoms with Crippen LogP contribution in [0.2, 0.25) is 5.02 Å². The van der Waals surface area contributed by atoms with Gasteiger partial charge in [0, 0.05) is 10.7 Å². The molecule has 0 aliphatic carbocycles. The van der Waals surface area contributed by atoms with Crippen molar-refractivity contribution in [1.29, 1.82) is 0 Å². The zero-order chi connectivity index (χ0) is 20.2. The van der Waals surface area contributed by atoms with Gasteiger partial charge in [0.05, 0.1) is 18.6 Å². The van der Waals surface area contributed by atoms with Gasteiger partial charge in [-0.05, 0) is 68.8 Å². The molecule has 0 heterocycles. The third-order valence-corrected chi connectivity index (χ3v) is 5.41. The summed E-state index contributed by atoms with van der Waals surface area (Å²) in [4.78, 5) is 12.7. The number of amides is 1. The Morgan fingerprint density at radius 2 is 1.85 bits per heavy atom. The average Bonchev–Trinajstić information content (AvgIpc) is 2.58. The van der Waals surface area contributed by atoms with Gasteiger partial charge in [-0.25, -0.2) is 8.42 Å². The molecule has 146 valence electrons. The number of rotatable bonds is 7. The highest BCUT2D eigenvalue weighted by Crippen LogP contribution is 2.25. The van der Waals surface area contributed by atoms with Gasteiger partial charge in [-0.1, -0.05) is 11.6 Å². The van der Waals surface area contributed by atoms with Crippen LogP contribution in [0, 0.1) is 6.92 Å². The maximum atomic E-state index is 12.7. The molecule has 2 aromatic rings. The van der Waals surface area contributed by atoms with Crippen molar-refractivity contribution in [3.05, 3.63) is 53.1 Å². The highest BCUT2D eigenvalue weighted by Gasteiger charge is 2.29. The number of sulfonamides is 1. The van der Waals surface area contributed by atoms with E-state index < -0.39 is 22.0 Å². The Labute approximate surface area is 165 Å². The second kappa shape index (κ2) is 8.63. The summed E-state index contributed by atoms with van der Waals surface area (Å²) in [6.45, 7) is 5.72. The van der Waals surface area contributed by atoms with E-state index in [1.807, 2.05) is 13.8 Å². The predicted molar refractivity (Wildman–Crippen MR) is 109 cm³/mol. The molecular weight excluding hydrogens is 388 g/mol. The van der Waals surface area contributed by atoms with Crippen LogP contribution in [0.15, 0.2) is 42.5 Å². The molecule has 8 heteroatoms. The summed E-state index contributed by atoms with van der Waals surface area (Å²) in [5.74, 6) is 0.184. The number of hydrogen-bond donors (Lipinski definition) is 1. The van der Waals surface area contributed by atoms with E-state index in [4.69, 9.17) is 16.3 Å². The highest BCUT2D eigenvalue weighted by atomic mass is 35.5. The number of ether oxygens (including phenoxy) is 1. The Kier molecular flexibility index (Phi) is 6.73. The lowest BCUT2D eigenvalue weighted by Gasteiger charge is -2.28. The van der Waals surface area contributed by atoms with Gasteiger partial charge >= 0.3 is 0 Å². The molecule has 27 heavy (non-hydrogen) atoms. The molecule has 2 rings (SSSR count). The normalized spacial score (nSPS) is 12.3. The molecule has 0 saturated heterocycles. The SMILES string of the molecule is CCOc1ccc(N(C(C)C(=O)Nc2ccc(Cl)cc2C)S(C)(=O)=O)cc1. The van der Waals surface area contributed by atoms with E-state index in [0.29, 0.717) is 28.8 Å². The summed E-state index contributed by atoms with van der Waals surface area (Å²) in [6.07, 6.45) is 1.07. The van der Waals surface area contributed by atoms with E-state index >= 15 is 0 Å². The summed E-state index contributed by atoms with van der Waals surface area (Å²) < 4.78 is 31.2. The third-order valence-electron chi connectivity index (χ3n) is 3.94. The average molecular weight is 411 g/mol. The van der Waals surface area contributed by atoms with Crippen LogP contribution < -0.4 is 14.4 Å². The number of carbonyl (C=O) groups is 1. The fraction of sp³-hybridized carbons (Fsp3) is 0.316. The Morgan fingerprint density at radius 3 is 2.37 bits per heavy atom. The fourth-order valence-electron chi connectivity index (χ4n) is 2.67. The maximum absolute atomic E-state index is 12.7. The first-order valence-corrected chi connectivity index (χ1v) is 10.7. The van der Waals surface area contributed by atoms with E-state index in [1.54, 1.807) is 42.5 Å². The zero-order valence-corrected chi connectivity index (χ0v) is 17.3. The molecular formula is C19H23ClN2O4S. The van der Waals surface area contributed by atoms with Crippen LogP contribution >= 0.6 is 11.6 Å². The van der Waals surface area contributed by atoms with Crippen LogP contribution in [-0.4, -0.2) is 33.2 Å². The number of carbonyl (C=O) groups excluding carboxylic acids is 1.